The van der Waals surface area contributed by atoms with Crippen LogP contribution in [0.15, 0.2) is 54.9 Å². The number of benzene rings is 1. The molecule has 30 heavy (non-hydrogen) atoms. The zero-order valence-electron chi connectivity index (χ0n) is 17.2. The summed E-state index contributed by atoms with van der Waals surface area (Å²) in [4.78, 5) is 19.2. The summed E-state index contributed by atoms with van der Waals surface area (Å²) in [5.74, 6) is -0.201. The Morgan fingerprint density at radius 3 is 2.47 bits per heavy atom. The molecule has 1 amide bonds. The van der Waals surface area contributed by atoms with Gasteiger partial charge in [-0.2, -0.15) is 0 Å². The molecule has 3 aromatic rings. The predicted octanol–water partition coefficient (Wildman–Crippen LogP) is 2.10. The molecule has 0 spiro atoms. The predicted molar refractivity (Wildman–Crippen MR) is 116 cm³/mol. The SMILES string of the molecule is Cc1cccn2cc(C3(c4ccccc4)CCN(C(=O)CNS(C)(=O)=O)CC3)nc12. The van der Waals surface area contributed by atoms with Gasteiger partial charge in [-0.15, -0.1) is 0 Å². The van der Waals surface area contributed by atoms with Crippen molar-refractivity contribution >= 4 is 21.6 Å². The molecule has 0 aliphatic carbocycles. The number of sulfonamides is 1. The van der Waals surface area contributed by atoms with E-state index in [1.54, 1.807) is 4.90 Å². The molecule has 8 heteroatoms. The van der Waals surface area contributed by atoms with Crippen LogP contribution in [-0.4, -0.2) is 54.5 Å². The number of amides is 1. The molecular formula is C22H26N4O3S. The molecule has 7 nitrogen and oxygen atoms in total. The van der Waals surface area contributed by atoms with Crippen LogP contribution < -0.4 is 4.72 Å². The Morgan fingerprint density at radius 2 is 1.83 bits per heavy atom. The molecule has 0 saturated carbocycles. The fourth-order valence-electron chi connectivity index (χ4n) is 4.28. The Kier molecular flexibility index (Phi) is 5.38. The van der Waals surface area contributed by atoms with E-state index in [1.807, 2.05) is 30.5 Å². The molecule has 2 aromatic heterocycles. The number of aryl methyl sites for hydroxylation is 1. The van der Waals surface area contributed by atoms with Crippen molar-refractivity contribution in [3.05, 3.63) is 71.7 Å². The van der Waals surface area contributed by atoms with Crippen molar-refractivity contribution in [1.82, 2.24) is 19.0 Å². The lowest BCUT2D eigenvalue weighted by Crippen LogP contribution is -2.48. The van der Waals surface area contributed by atoms with Crippen molar-refractivity contribution in [2.75, 3.05) is 25.9 Å². The second-order valence-electron chi connectivity index (χ2n) is 7.97. The second-order valence-corrected chi connectivity index (χ2v) is 9.80. The van der Waals surface area contributed by atoms with Gasteiger partial charge < -0.3 is 9.30 Å². The van der Waals surface area contributed by atoms with Gasteiger partial charge in [-0.3, -0.25) is 4.79 Å². The first-order chi connectivity index (χ1) is 14.3. The van der Waals surface area contributed by atoms with Gasteiger partial charge in [0.1, 0.15) is 5.65 Å². The number of aromatic nitrogens is 2. The third-order valence-corrected chi connectivity index (χ3v) is 6.62. The molecule has 1 aliphatic rings. The fraction of sp³-hybridized carbons (Fsp3) is 0.364. The molecule has 0 bridgehead atoms. The lowest BCUT2D eigenvalue weighted by Gasteiger charge is -2.41. The highest BCUT2D eigenvalue weighted by molar-refractivity contribution is 7.88. The maximum Gasteiger partial charge on any atom is 0.237 e. The number of likely N-dealkylation sites (tertiary alicyclic amines) is 1. The molecule has 0 radical (unpaired) electrons. The van der Waals surface area contributed by atoms with Crippen LogP contribution in [0.1, 0.15) is 29.7 Å². The monoisotopic (exact) mass is 426 g/mol. The van der Waals surface area contributed by atoms with E-state index in [2.05, 4.69) is 40.4 Å². The van der Waals surface area contributed by atoms with Crippen LogP contribution in [0, 0.1) is 6.92 Å². The summed E-state index contributed by atoms with van der Waals surface area (Å²) in [6.07, 6.45) is 6.61. The van der Waals surface area contributed by atoms with E-state index in [9.17, 15) is 13.2 Å². The summed E-state index contributed by atoms with van der Waals surface area (Å²) in [6, 6.07) is 14.4. The molecule has 1 N–H and O–H groups in total. The number of nitrogens with zero attached hydrogens (tertiary/aromatic N) is 3. The lowest BCUT2D eigenvalue weighted by molar-refractivity contribution is -0.131. The quantitative estimate of drug-likeness (QED) is 0.677. The summed E-state index contributed by atoms with van der Waals surface area (Å²) in [5, 5.41) is 0. The summed E-state index contributed by atoms with van der Waals surface area (Å²) in [7, 11) is -3.40. The molecule has 0 unspecified atom stereocenters. The highest BCUT2D eigenvalue weighted by Crippen LogP contribution is 2.41. The van der Waals surface area contributed by atoms with E-state index in [0.717, 1.165) is 36.0 Å². The van der Waals surface area contributed by atoms with Gasteiger partial charge in [0.15, 0.2) is 0 Å². The number of hydrogen-bond donors (Lipinski definition) is 1. The molecule has 0 atom stereocenters. The maximum atomic E-state index is 12.5. The van der Waals surface area contributed by atoms with Crippen molar-refractivity contribution in [3.63, 3.8) is 0 Å². The Balaban J connectivity index is 1.64. The molecule has 3 heterocycles. The second kappa shape index (κ2) is 7.85. The van der Waals surface area contributed by atoms with Crippen LogP contribution in [0.25, 0.3) is 5.65 Å². The number of fused-ring (bicyclic) bond motifs is 1. The Bertz CT molecular complexity index is 1160. The highest BCUT2D eigenvalue weighted by Gasteiger charge is 2.40. The average molecular weight is 427 g/mol. The first-order valence-corrected chi connectivity index (χ1v) is 11.9. The van der Waals surface area contributed by atoms with E-state index in [4.69, 9.17) is 4.98 Å². The van der Waals surface area contributed by atoms with Crippen LogP contribution in [0.5, 0.6) is 0 Å². The van der Waals surface area contributed by atoms with Crippen LogP contribution in [0.2, 0.25) is 0 Å². The van der Waals surface area contributed by atoms with Crippen molar-refractivity contribution in [2.45, 2.75) is 25.2 Å². The highest BCUT2D eigenvalue weighted by atomic mass is 32.2. The Morgan fingerprint density at radius 1 is 1.13 bits per heavy atom. The number of nitrogens with one attached hydrogen (secondary N) is 1. The van der Waals surface area contributed by atoms with Crippen LogP contribution in [0.4, 0.5) is 0 Å². The Hall–Kier alpha value is -2.71. The molecule has 1 saturated heterocycles. The van der Waals surface area contributed by atoms with E-state index in [0.29, 0.717) is 13.1 Å². The zero-order chi connectivity index (χ0) is 21.4. The number of carbonyl (C=O) groups is 1. The number of imidazole rings is 1. The minimum absolute atomic E-state index is 0.201. The third-order valence-electron chi connectivity index (χ3n) is 5.95. The minimum atomic E-state index is -3.40. The maximum absolute atomic E-state index is 12.5. The summed E-state index contributed by atoms with van der Waals surface area (Å²) in [5.41, 5.74) is 3.96. The number of pyridine rings is 1. The number of rotatable bonds is 5. The molecule has 4 rings (SSSR count). The van der Waals surface area contributed by atoms with E-state index in [1.165, 1.54) is 5.56 Å². The Labute approximate surface area is 176 Å². The van der Waals surface area contributed by atoms with Crippen LogP contribution >= 0.6 is 0 Å². The van der Waals surface area contributed by atoms with E-state index < -0.39 is 10.0 Å². The number of piperidine rings is 1. The van der Waals surface area contributed by atoms with Crippen LogP contribution in [0.3, 0.4) is 0 Å². The van der Waals surface area contributed by atoms with Crippen LogP contribution in [-0.2, 0) is 20.2 Å². The third kappa shape index (κ3) is 3.97. The minimum Gasteiger partial charge on any atom is -0.341 e. The first kappa shape index (κ1) is 20.6. The topological polar surface area (TPSA) is 83.8 Å². The zero-order valence-corrected chi connectivity index (χ0v) is 18.0. The van der Waals surface area contributed by atoms with Gasteiger partial charge >= 0.3 is 0 Å². The van der Waals surface area contributed by atoms with Gasteiger partial charge in [0.2, 0.25) is 15.9 Å². The number of carbonyl (C=O) groups excluding carboxylic acids is 1. The fourth-order valence-corrected chi connectivity index (χ4v) is 4.66. The lowest BCUT2D eigenvalue weighted by atomic mass is 9.70. The first-order valence-electron chi connectivity index (χ1n) is 10.0. The van der Waals surface area contributed by atoms with Crippen molar-refractivity contribution in [3.8, 4) is 0 Å². The van der Waals surface area contributed by atoms with Gasteiger partial charge in [0.05, 0.1) is 18.5 Å². The average Bonchev–Trinajstić information content (AvgIpc) is 3.18. The summed E-state index contributed by atoms with van der Waals surface area (Å²) >= 11 is 0. The molecule has 1 aliphatic heterocycles. The van der Waals surface area contributed by atoms with Crippen molar-refractivity contribution in [2.24, 2.45) is 0 Å². The normalized spacial score (nSPS) is 16.7. The standard InChI is InChI=1S/C22H26N4O3S/c1-17-7-6-12-26-16-19(24-21(17)26)22(18-8-4-3-5-9-18)10-13-25(14-11-22)20(27)15-23-30(2,28)29/h3-9,12,16,23H,10-11,13-15H2,1-2H3. The van der Waals surface area contributed by atoms with Gasteiger partial charge in [-0.25, -0.2) is 18.1 Å². The van der Waals surface area contributed by atoms with Crippen molar-refractivity contribution in [1.29, 1.82) is 0 Å². The largest absolute Gasteiger partial charge is 0.341 e. The van der Waals surface area contributed by atoms with Gasteiger partial charge in [-0.1, -0.05) is 36.4 Å². The smallest absolute Gasteiger partial charge is 0.237 e. The van der Waals surface area contributed by atoms with Gasteiger partial charge in [0, 0.05) is 30.9 Å². The molecular weight excluding hydrogens is 400 g/mol. The number of hydrogen-bond acceptors (Lipinski definition) is 4. The van der Waals surface area contributed by atoms with E-state index in [-0.39, 0.29) is 17.9 Å². The molecule has 1 fully saturated rings. The van der Waals surface area contributed by atoms with E-state index >= 15 is 0 Å². The molecule has 158 valence electrons. The summed E-state index contributed by atoms with van der Waals surface area (Å²) in [6.45, 7) is 2.94. The molecule has 1 aromatic carbocycles. The van der Waals surface area contributed by atoms with Gasteiger partial charge in [0.25, 0.3) is 0 Å². The van der Waals surface area contributed by atoms with Gasteiger partial charge in [-0.05, 0) is 37.0 Å². The summed E-state index contributed by atoms with van der Waals surface area (Å²) < 4.78 is 27.0. The van der Waals surface area contributed by atoms with Crippen molar-refractivity contribution < 1.29 is 13.2 Å².